The molecular formula is C16H15Cl2N5O. The van der Waals surface area contributed by atoms with Crippen LogP contribution in [0.2, 0.25) is 10.0 Å². The summed E-state index contributed by atoms with van der Waals surface area (Å²) in [5.41, 5.74) is 7.26. The molecule has 0 radical (unpaired) electrons. The van der Waals surface area contributed by atoms with E-state index < -0.39 is 5.54 Å². The van der Waals surface area contributed by atoms with Crippen molar-refractivity contribution in [3.63, 3.8) is 0 Å². The van der Waals surface area contributed by atoms with Gasteiger partial charge in [-0.05, 0) is 37.1 Å². The van der Waals surface area contributed by atoms with E-state index in [0.29, 0.717) is 27.5 Å². The van der Waals surface area contributed by atoms with Gasteiger partial charge in [0.1, 0.15) is 0 Å². The maximum Gasteiger partial charge on any atom is 0.278 e. The molecule has 0 saturated heterocycles. The first-order valence-corrected chi connectivity index (χ1v) is 8.45. The van der Waals surface area contributed by atoms with Crippen LogP contribution < -0.4 is 5.73 Å². The fraction of sp³-hybridized carbons (Fsp3) is 0.312. The van der Waals surface area contributed by atoms with Gasteiger partial charge in [0.25, 0.3) is 5.89 Å². The molecule has 1 aliphatic carbocycles. The second kappa shape index (κ2) is 5.88. The summed E-state index contributed by atoms with van der Waals surface area (Å²) >= 11 is 12.0. The van der Waals surface area contributed by atoms with Gasteiger partial charge < -0.3 is 10.3 Å². The molecule has 6 nitrogen and oxygen atoms in total. The van der Waals surface area contributed by atoms with Gasteiger partial charge in [-0.2, -0.15) is 10.1 Å². The number of nitrogens with two attached hydrogens (primary N) is 1. The molecular weight excluding hydrogens is 349 g/mol. The average molecular weight is 364 g/mol. The van der Waals surface area contributed by atoms with Crippen LogP contribution in [0, 0.1) is 0 Å². The predicted molar refractivity (Wildman–Crippen MR) is 91.2 cm³/mol. The number of nitrogens with zero attached hydrogens (tertiary/aromatic N) is 4. The second-order valence-electron chi connectivity index (χ2n) is 6.03. The van der Waals surface area contributed by atoms with Gasteiger partial charge in [0, 0.05) is 6.20 Å². The van der Waals surface area contributed by atoms with E-state index in [1.165, 1.54) is 0 Å². The lowest BCUT2D eigenvalue weighted by atomic mass is 9.99. The molecule has 24 heavy (non-hydrogen) atoms. The number of hydrogen-bond donors (Lipinski definition) is 1. The summed E-state index contributed by atoms with van der Waals surface area (Å²) in [5.74, 6) is 0.916. The van der Waals surface area contributed by atoms with E-state index in [1.807, 2.05) is 6.07 Å². The SMILES string of the molecule is NC1(c2noc(-c3ccn(-c4ccc(Cl)c(Cl)c4)n3)n2)CCCC1. The zero-order valence-electron chi connectivity index (χ0n) is 12.7. The molecule has 124 valence electrons. The lowest BCUT2D eigenvalue weighted by molar-refractivity contribution is 0.372. The first-order chi connectivity index (χ1) is 11.5. The maximum absolute atomic E-state index is 6.36. The molecule has 2 heterocycles. The van der Waals surface area contributed by atoms with Crippen molar-refractivity contribution in [1.29, 1.82) is 0 Å². The van der Waals surface area contributed by atoms with Crippen LogP contribution in [0.15, 0.2) is 35.0 Å². The molecule has 0 aliphatic heterocycles. The first-order valence-electron chi connectivity index (χ1n) is 7.70. The Morgan fingerprint density at radius 1 is 1.12 bits per heavy atom. The summed E-state index contributed by atoms with van der Waals surface area (Å²) in [5, 5.41) is 9.49. The monoisotopic (exact) mass is 363 g/mol. The van der Waals surface area contributed by atoms with Crippen molar-refractivity contribution in [2.75, 3.05) is 0 Å². The lowest BCUT2D eigenvalue weighted by Gasteiger charge is -2.17. The van der Waals surface area contributed by atoms with Gasteiger partial charge in [-0.15, -0.1) is 0 Å². The fourth-order valence-electron chi connectivity index (χ4n) is 2.97. The van der Waals surface area contributed by atoms with Crippen molar-refractivity contribution in [3.05, 3.63) is 46.3 Å². The minimum Gasteiger partial charge on any atom is -0.332 e. The van der Waals surface area contributed by atoms with E-state index in [-0.39, 0.29) is 0 Å². The fourth-order valence-corrected chi connectivity index (χ4v) is 3.26. The second-order valence-corrected chi connectivity index (χ2v) is 6.84. The Labute approximate surface area is 148 Å². The van der Waals surface area contributed by atoms with Gasteiger partial charge in [-0.1, -0.05) is 41.2 Å². The Morgan fingerprint density at radius 2 is 1.92 bits per heavy atom. The summed E-state index contributed by atoms with van der Waals surface area (Å²) in [4.78, 5) is 4.45. The van der Waals surface area contributed by atoms with E-state index in [2.05, 4.69) is 15.2 Å². The van der Waals surface area contributed by atoms with Crippen molar-refractivity contribution in [2.24, 2.45) is 5.73 Å². The van der Waals surface area contributed by atoms with Crippen LogP contribution in [0.5, 0.6) is 0 Å². The summed E-state index contributed by atoms with van der Waals surface area (Å²) < 4.78 is 7.03. The van der Waals surface area contributed by atoms with E-state index >= 15 is 0 Å². The number of rotatable bonds is 3. The Balaban J connectivity index is 1.63. The van der Waals surface area contributed by atoms with Gasteiger partial charge in [0.05, 0.1) is 21.3 Å². The van der Waals surface area contributed by atoms with Crippen LogP contribution in [0.1, 0.15) is 31.5 Å². The Morgan fingerprint density at radius 3 is 2.67 bits per heavy atom. The van der Waals surface area contributed by atoms with Crippen LogP contribution in [-0.2, 0) is 5.54 Å². The van der Waals surface area contributed by atoms with Gasteiger partial charge >= 0.3 is 0 Å². The summed E-state index contributed by atoms with van der Waals surface area (Å²) in [6.07, 6.45) is 5.73. The third-order valence-electron chi connectivity index (χ3n) is 4.34. The van der Waals surface area contributed by atoms with E-state index in [4.69, 9.17) is 33.5 Å². The zero-order chi connectivity index (χ0) is 16.7. The Hall–Kier alpha value is -1.89. The molecule has 1 fully saturated rings. The molecule has 3 aromatic rings. The molecule has 0 spiro atoms. The van der Waals surface area contributed by atoms with Crippen LogP contribution in [-0.4, -0.2) is 19.9 Å². The molecule has 2 aromatic heterocycles. The maximum atomic E-state index is 6.36. The highest BCUT2D eigenvalue weighted by atomic mass is 35.5. The average Bonchev–Trinajstić information content (AvgIpc) is 3.28. The first kappa shape index (κ1) is 15.6. The van der Waals surface area contributed by atoms with E-state index in [0.717, 1.165) is 31.4 Å². The zero-order valence-corrected chi connectivity index (χ0v) is 14.3. The topological polar surface area (TPSA) is 82.8 Å². The Bertz CT molecular complexity index is 882. The minimum atomic E-state index is -0.478. The number of aromatic nitrogens is 4. The largest absolute Gasteiger partial charge is 0.332 e. The highest BCUT2D eigenvalue weighted by molar-refractivity contribution is 6.42. The summed E-state index contributed by atoms with van der Waals surface area (Å²) in [6.45, 7) is 0. The number of benzene rings is 1. The van der Waals surface area contributed by atoms with Crippen LogP contribution in [0.4, 0.5) is 0 Å². The van der Waals surface area contributed by atoms with E-state index in [1.54, 1.807) is 29.1 Å². The molecule has 1 aliphatic rings. The van der Waals surface area contributed by atoms with Crippen molar-refractivity contribution in [1.82, 2.24) is 19.9 Å². The van der Waals surface area contributed by atoms with Crippen molar-refractivity contribution in [2.45, 2.75) is 31.2 Å². The molecule has 1 saturated carbocycles. The van der Waals surface area contributed by atoms with Crippen molar-refractivity contribution in [3.8, 4) is 17.3 Å². The molecule has 4 rings (SSSR count). The van der Waals surface area contributed by atoms with Gasteiger partial charge in [0.2, 0.25) is 0 Å². The van der Waals surface area contributed by atoms with Gasteiger partial charge in [0.15, 0.2) is 11.5 Å². The minimum absolute atomic E-state index is 0.362. The van der Waals surface area contributed by atoms with Gasteiger partial charge in [-0.3, -0.25) is 0 Å². The van der Waals surface area contributed by atoms with Crippen LogP contribution >= 0.6 is 23.2 Å². The highest BCUT2D eigenvalue weighted by Gasteiger charge is 2.36. The summed E-state index contributed by atoms with van der Waals surface area (Å²) in [7, 11) is 0. The van der Waals surface area contributed by atoms with Crippen molar-refractivity contribution >= 4 is 23.2 Å². The van der Waals surface area contributed by atoms with Gasteiger partial charge in [-0.25, -0.2) is 4.68 Å². The van der Waals surface area contributed by atoms with Crippen LogP contribution in [0.3, 0.4) is 0 Å². The smallest absolute Gasteiger partial charge is 0.278 e. The summed E-state index contributed by atoms with van der Waals surface area (Å²) in [6, 6.07) is 7.10. The lowest BCUT2D eigenvalue weighted by Crippen LogP contribution is -2.34. The molecule has 8 heteroatoms. The molecule has 0 amide bonds. The standard InChI is InChI=1S/C16H15Cl2N5O/c17-11-4-3-10(9-12(11)18)23-8-5-13(21-23)14-20-15(22-24-14)16(19)6-1-2-7-16/h3-5,8-9H,1-2,6-7,19H2. The normalized spacial score (nSPS) is 16.6. The molecule has 2 N–H and O–H groups in total. The van der Waals surface area contributed by atoms with Crippen LogP contribution in [0.25, 0.3) is 17.3 Å². The molecule has 0 atom stereocenters. The Kier molecular flexibility index (Phi) is 3.83. The number of hydrogen-bond acceptors (Lipinski definition) is 5. The third kappa shape index (κ3) is 2.70. The molecule has 1 aromatic carbocycles. The van der Waals surface area contributed by atoms with Crippen molar-refractivity contribution < 1.29 is 4.52 Å². The third-order valence-corrected chi connectivity index (χ3v) is 5.08. The predicted octanol–water partition coefficient (Wildman–Crippen LogP) is 3.96. The molecule has 0 unspecified atom stereocenters. The van der Waals surface area contributed by atoms with E-state index in [9.17, 15) is 0 Å². The quantitative estimate of drug-likeness (QED) is 0.761. The molecule has 0 bridgehead atoms. The number of halogens is 2. The highest BCUT2D eigenvalue weighted by Crippen LogP contribution is 2.35.